The van der Waals surface area contributed by atoms with Gasteiger partial charge in [0.05, 0.1) is 12.7 Å². The van der Waals surface area contributed by atoms with Crippen LogP contribution in [-0.2, 0) is 11.2 Å². The number of amides is 1. The fourth-order valence-electron chi connectivity index (χ4n) is 1.86. The number of hydrogen-bond donors (Lipinski definition) is 1. The van der Waals surface area contributed by atoms with Gasteiger partial charge in [-0.1, -0.05) is 19.1 Å². The number of nitrogens with zero attached hydrogens (tertiary/aromatic N) is 2. The van der Waals surface area contributed by atoms with E-state index >= 15 is 0 Å². The van der Waals surface area contributed by atoms with Crippen LogP contribution in [0.4, 0.5) is 0 Å². The Labute approximate surface area is 123 Å². The Morgan fingerprint density at radius 1 is 1.33 bits per heavy atom. The third-order valence-corrected chi connectivity index (χ3v) is 2.94. The van der Waals surface area contributed by atoms with E-state index in [4.69, 9.17) is 9.15 Å². The van der Waals surface area contributed by atoms with Crippen molar-refractivity contribution in [2.45, 2.75) is 26.2 Å². The number of aryl methyl sites for hydroxylation is 1. The quantitative estimate of drug-likeness (QED) is 0.845. The summed E-state index contributed by atoms with van der Waals surface area (Å²) >= 11 is 0. The molecule has 0 spiro atoms. The zero-order chi connectivity index (χ0) is 15.1. The summed E-state index contributed by atoms with van der Waals surface area (Å²) < 4.78 is 10.8. The van der Waals surface area contributed by atoms with Gasteiger partial charge in [-0.2, -0.15) is 0 Å². The van der Waals surface area contributed by atoms with Crippen molar-refractivity contribution in [1.29, 1.82) is 0 Å². The second-order valence-corrected chi connectivity index (χ2v) is 4.55. The highest BCUT2D eigenvalue weighted by Gasteiger charge is 2.13. The van der Waals surface area contributed by atoms with Crippen LogP contribution in [0.5, 0.6) is 5.75 Å². The van der Waals surface area contributed by atoms with Crippen molar-refractivity contribution < 1.29 is 13.9 Å². The minimum atomic E-state index is -0.00566. The van der Waals surface area contributed by atoms with E-state index in [0.717, 1.165) is 12.0 Å². The van der Waals surface area contributed by atoms with E-state index in [9.17, 15) is 4.79 Å². The number of para-hydroxylation sites is 1. The molecule has 1 heterocycles. The van der Waals surface area contributed by atoms with Crippen LogP contribution in [0.15, 0.2) is 28.7 Å². The molecular weight excluding hydrogens is 270 g/mol. The summed E-state index contributed by atoms with van der Waals surface area (Å²) in [6.45, 7) is 2.70. The minimum Gasteiger partial charge on any atom is -0.496 e. The highest BCUT2D eigenvalue weighted by Crippen LogP contribution is 2.28. The van der Waals surface area contributed by atoms with Crippen molar-refractivity contribution in [1.82, 2.24) is 15.5 Å². The fraction of sp³-hybridized carbons (Fsp3) is 0.400. The van der Waals surface area contributed by atoms with Crippen LogP contribution in [0.3, 0.4) is 0 Å². The van der Waals surface area contributed by atoms with E-state index in [-0.39, 0.29) is 5.91 Å². The van der Waals surface area contributed by atoms with Crippen LogP contribution in [-0.4, -0.2) is 29.8 Å². The molecule has 1 aromatic carbocycles. The lowest BCUT2D eigenvalue weighted by atomic mass is 10.2. The maximum Gasteiger partial charge on any atom is 0.251 e. The first-order valence-electron chi connectivity index (χ1n) is 6.97. The zero-order valence-electron chi connectivity index (χ0n) is 12.3. The first-order valence-corrected chi connectivity index (χ1v) is 6.97. The average Bonchev–Trinajstić information content (AvgIpc) is 2.99. The molecular formula is C15H19N3O3. The highest BCUT2D eigenvalue weighted by molar-refractivity contribution is 5.75. The second kappa shape index (κ2) is 7.42. The number of aromatic nitrogens is 2. The van der Waals surface area contributed by atoms with Crippen molar-refractivity contribution in [2.24, 2.45) is 0 Å². The summed E-state index contributed by atoms with van der Waals surface area (Å²) in [6.07, 6.45) is 1.69. The summed E-state index contributed by atoms with van der Waals surface area (Å²) in [6, 6.07) is 7.43. The molecule has 0 aliphatic heterocycles. The van der Waals surface area contributed by atoms with Gasteiger partial charge in [0.15, 0.2) is 0 Å². The van der Waals surface area contributed by atoms with Crippen LogP contribution in [0, 0.1) is 0 Å². The number of benzene rings is 1. The van der Waals surface area contributed by atoms with Gasteiger partial charge in [0, 0.05) is 19.4 Å². The number of hydrogen-bond acceptors (Lipinski definition) is 5. The Morgan fingerprint density at radius 2 is 2.14 bits per heavy atom. The van der Waals surface area contributed by atoms with Crippen LogP contribution >= 0.6 is 0 Å². The molecule has 0 radical (unpaired) electrons. The summed E-state index contributed by atoms with van der Waals surface area (Å²) in [5.74, 6) is 1.52. The van der Waals surface area contributed by atoms with E-state index in [1.54, 1.807) is 7.11 Å². The second-order valence-electron chi connectivity index (χ2n) is 4.55. The van der Waals surface area contributed by atoms with E-state index in [2.05, 4.69) is 15.5 Å². The molecule has 6 heteroatoms. The molecule has 0 aliphatic rings. The normalized spacial score (nSPS) is 10.4. The molecule has 0 atom stereocenters. The lowest BCUT2D eigenvalue weighted by Crippen LogP contribution is -2.24. The van der Waals surface area contributed by atoms with E-state index in [1.165, 1.54) is 0 Å². The van der Waals surface area contributed by atoms with Gasteiger partial charge in [0.1, 0.15) is 5.75 Å². The number of ether oxygens (including phenoxy) is 1. The van der Waals surface area contributed by atoms with Crippen molar-refractivity contribution >= 4 is 5.91 Å². The predicted octanol–water partition coefficient (Wildman–Crippen LogP) is 2.20. The topological polar surface area (TPSA) is 77.2 Å². The van der Waals surface area contributed by atoms with Crippen molar-refractivity contribution in [3.63, 3.8) is 0 Å². The molecule has 1 amide bonds. The summed E-state index contributed by atoms with van der Waals surface area (Å²) in [5.41, 5.74) is 0.745. The van der Waals surface area contributed by atoms with Crippen molar-refractivity contribution in [3.8, 4) is 17.2 Å². The molecule has 0 unspecified atom stereocenters. The number of methoxy groups -OCH3 is 1. The Morgan fingerprint density at radius 3 is 2.90 bits per heavy atom. The molecule has 0 saturated carbocycles. The van der Waals surface area contributed by atoms with Gasteiger partial charge >= 0.3 is 0 Å². The average molecular weight is 289 g/mol. The Bertz CT molecular complexity index is 595. The van der Waals surface area contributed by atoms with Gasteiger partial charge < -0.3 is 14.5 Å². The van der Waals surface area contributed by atoms with E-state index in [0.29, 0.717) is 36.9 Å². The van der Waals surface area contributed by atoms with Gasteiger partial charge in [-0.3, -0.25) is 4.79 Å². The molecule has 2 aromatic rings. The minimum absolute atomic E-state index is 0.00566. The molecule has 0 fully saturated rings. The molecule has 2 rings (SSSR count). The molecule has 112 valence electrons. The Kier molecular flexibility index (Phi) is 5.31. The first kappa shape index (κ1) is 15.0. The zero-order valence-corrected chi connectivity index (χ0v) is 12.3. The third kappa shape index (κ3) is 4.05. The van der Waals surface area contributed by atoms with E-state index in [1.807, 2.05) is 31.2 Å². The molecule has 0 aliphatic carbocycles. The maximum atomic E-state index is 11.5. The molecule has 0 saturated heterocycles. The van der Waals surface area contributed by atoms with Crippen LogP contribution in [0.2, 0.25) is 0 Å². The summed E-state index contributed by atoms with van der Waals surface area (Å²) in [7, 11) is 1.59. The molecule has 1 N–H and O–H groups in total. The molecule has 1 aromatic heterocycles. The summed E-state index contributed by atoms with van der Waals surface area (Å²) in [4.78, 5) is 11.5. The van der Waals surface area contributed by atoms with Crippen molar-refractivity contribution in [2.75, 3.05) is 13.7 Å². The molecule has 6 nitrogen and oxygen atoms in total. The SMILES string of the molecule is CCCNC(=O)CCc1nnc(-c2ccccc2OC)o1. The molecule has 21 heavy (non-hydrogen) atoms. The smallest absolute Gasteiger partial charge is 0.251 e. The number of rotatable bonds is 7. The van der Waals surface area contributed by atoms with Gasteiger partial charge in [-0.15, -0.1) is 10.2 Å². The first-order chi connectivity index (χ1) is 10.2. The standard InChI is InChI=1S/C15H19N3O3/c1-3-10-16-13(19)8-9-14-17-18-15(21-14)11-6-4-5-7-12(11)20-2/h4-7H,3,8-10H2,1-2H3,(H,16,19). The van der Waals surface area contributed by atoms with Gasteiger partial charge in [0.2, 0.25) is 11.8 Å². The molecule has 0 bridgehead atoms. The monoisotopic (exact) mass is 289 g/mol. The van der Waals surface area contributed by atoms with Gasteiger partial charge in [-0.05, 0) is 18.6 Å². The Balaban J connectivity index is 2.00. The lowest BCUT2D eigenvalue weighted by molar-refractivity contribution is -0.121. The number of carbonyl (C=O) groups excluding carboxylic acids is 1. The lowest BCUT2D eigenvalue weighted by Gasteiger charge is -2.03. The van der Waals surface area contributed by atoms with Gasteiger partial charge in [-0.25, -0.2) is 0 Å². The predicted molar refractivity (Wildman–Crippen MR) is 77.9 cm³/mol. The van der Waals surface area contributed by atoms with Gasteiger partial charge in [0.25, 0.3) is 5.89 Å². The third-order valence-electron chi connectivity index (χ3n) is 2.94. The van der Waals surface area contributed by atoms with Crippen LogP contribution in [0.1, 0.15) is 25.7 Å². The largest absolute Gasteiger partial charge is 0.496 e. The van der Waals surface area contributed by atoms with Crippen molar-refractivity contribution in [3.05, 3.63) is 30.2 Å². The summed E-state index contributed by atoms with van der Waals surface area (Å²) in [5, 5.41) is 10.8. The fourth-order valence-corrected chi connectivity index (χ4v) is 1.86. The van der Waals surface area contributed by atoms with Crippen LogP contribution < -0.4 is 10.1 Å². The highest BCUT2D eigenvalue weighted by atomic mass is 16.5. The maximum absolute atomic E-state index is 11.5. The van der Waals surface area contributed by atoms with Crippen LogP contribution in [0.25, 0.3) is 11.5 Å². The number of carbonyl (C=O) groups is 1. The Hall–Kier alpha value is -2.37. The van der Waals surface area contributed by atoms with E-state index < -0.39 is 0 Å². The number of nitrogens with one attached hydrogen (secondary N) is 1.